The van der Waals surface area contributed by atoms with E-state index in [4.69, 9.17) is 26.8 Å². The molecule has 2 N–H and O–H groups in total. The van der Waals surface area contributed by atoms with Crippen molar-refractivity contribution in [3.8, 4) is 11.5 Å². The van der Waals surface area contributed by atoms with Gasteiger partial charge in [-0.05, 0) is 36.4 Å². The first-order valence-corrected chi connectivity index (χ1v) is 7.61. The fraction of sp³-hybridized carbons (Fsp3) is 0.111. The van der Waals surface area contributed by atoms with Crippen LogP contribution in [0.1, 0.15) is 5.56 Å². The van der Waals surface area contributed by atoms with Crippen molar-refractivity contribution in [2.45, 2.75) is 0 Å². The van der Waals surface area contributed by atoms with E-state index in [0.717, 1.165) is 10.9 Å². The van der Waals surface area contributed by atoms with E-state index < -0.39 is 0 Å². The lowest BCUT2D eigenvalue weighted by Gasteiger charge is -2.12. The fourth-order valence-electron chi connectivity index (χ4n) is 2.49. The molecule has 0 bridgehead atoms. The predicted molar refractivity (Wildman–Crippen MR) is 96.7 cm³/mol. The van der Waals surface area contributed by atoms with Crippen molar-refractivity contribution in [2.24, 2.45) is 10.7 Å². The quantitative estimate of drug-likeness (QED) is 0.576. The largest absolute Gasteiger partial charge is 0.496 e. The van der Waals surface area contributed by atoms with Gasteiger partial charge in [0.05, 0.1) is 25.4 Å². The number of aromatic nitrogens is 1. The van der Waals surface area contributed by atoms with Crippen LogP contribution >= 0.6 is 11.6 Å². The van der Waals surface area contributed by atoms with Crippen LogP contribution in [0.25, 0.3) is 10.9 Å². The number of hydrogen-bond donors (Lipinski definition) is 1. The number of nitrogens with zero attached hydrogens (tertiary/aromatic N) is 2. The highest BCUT2D eigenvalue weighted by atomic mass is 35.5. The molecule has 0 saturated heterocycles. The van der Waals surface area contributed by atoms with Crippen LogP contribution in [-0.4, -0.2) is 25.0 Å². The number of aliphatic imine (C=N–C) groups is 1. The third-order valence-corrected chi connectivity index (χ3v) is 3.84. The van der Waals surface area contributed by atoms with Crippen LogP contribution in [0.15, 0.2) is 53.7 Å². The summed E-state index contributed by atoms with van der Waals surface area (Å²) in [7, 11) is 3.16. The Morgan fingerprint density at radius 3 is 2.46 bits per heavy atom. The number of rotatable bonds is 4. The van der Waals surface area contributed by atoms with Crippen LogP contribution in [0.4, 0.5) is 5.69 Å². The van der Waals surface area contributed by atoms with Gasteiger partial charge in [0.1, 0.15) is 22.9 Å². The standard InChI is InChI=1S/C18H16ClN3O2/c1-23-15-4-3-5-16(24-2)17(15)18(20)22-13-8-9-21-14-10-11(19)6-7-12(13)14/h3-10H,1-2H3,(H2,20,21,22). The highest BCUT2D eigenvalue weighted by Crippen LogP contribution is 2.31. The lowest BCUT2D eigenvalue weighted by Crippen LogP contribution is -2.15. The number of pyridine rings is 1. The summed E-state index contributed by atoms with van der Waals surface area (Å²) in [5, 5.41) is 1.48. The van der Waals surface area contributed by atoms with E-state index in [-0.39, 0.29) is 0 Å². The molecular formula is C18H16ClN3O2. The summed E-state index contributed by atoms with van der Waals surface area (Å²) in [5.41, 5.74) is 8.31. The Balaban J connectivity index is 2.16. The molecule has 0 aliphatic carbocycles. The van der Waals surface area contributed by atoms with Crippen LogP contribution < -0.4 is 15.2 Å². The van der Waals surface area contributed by atoms with E-state index in [1.165, 1.54) is 0 Å². The van der Waals surface area contributed by atoms with Crippen LogP contribution in [-0.2, 0) is 0 Å². The van der Waals surface area contributed by atoms with Crippen LogP contribution in [0.2, 0.25) is 5.02 Å². The summed E-state index contributed by atoms with van der Waals surface area (Å²) in [4.78, 5) is 8.86. The molecule has 0 radical (unpaired) electrons. The smallest absolute Gasteiger partial charge is 0.138 e. The minimum atomic E-state index is 0.298. The van der Waals surface area contributed by atoms with E-state index in [1.807, 2.05) is 24.3 Å². The maximum Gasteiger partial charge on any atom is 0.138 e. The maximum absolute atomic E-state index is 6.24. The van der Waals surface area contributed by atoms with Gasteiger partial charge in [-0.1, -0.05) is 17.7 Å². The first-order chi connectivity index (χ1) is 11.6. The minimum absolute atomic E-state index is 0.298. The molecule has 0 spiro atoms. The van der Waals surface area contributed by atoms with Gasteiger partial charge in [-0.15, -0.1) is 0 Å². The van der Waals surface area contributed by atoms with Gasteiger partial charge in [-0.3, -0.25) is 4.98 Å². The molecule has 2 aromatic carbocycles. The summed E-state index contributed by atoms with van der Waals surface area (Å²) in [6.45, 7) is 0. The van der Waals surface area contributed by atoms with Gasteiger partial charge in [-0.2, -0.15) is 0 Å². The van der Waals surface area contributed by atoms with Gasteiger partial charge >= 0.3 is 0 Å². The average Bonchev–Trinajstić information content (AvgIpc) is 2.60. The Morgan fingerprint density at radius 2 is 1.79 bits per heavy atom. The Kier molecular flexibility index (Phi) is 4.53. The number of fused-ring (bicyclic) bond motifs is 1. The number of hydrogen-bond acceptors (Lipinski definition) is 4. The van der Waals surface area contributed by atoms with Gasteiger partial charge in [0.25, 0.3) is 0 Å². The molecule has 0 fully saturated rings. The van der Waals surface area contributed by atoms with Crippen LogP contribution in [0.3, 0.4) is 0 Å². The molecule has 0 saturated carbocycles. The van der Waals surface area contributed by atoms with E-state index in [9.17, 15) is 0 Å². The first kappa shape index (κ1) is 16.1. The number of nitrogens with two attached hydrogens (primary N) is 1. The molecule has 0 unspecified atom stereocenters. The molecule has 3 rings (SSSR count). The van der Waals surface area contributed by atoms with Crippen molar-refractivity contribution in [3.63, 3.8) is 0 Å². The molecule has 6 heteroatoms. The van der Waals surface area contributed by atoms with Crippen molar-refractivity contribution < 1.29 is 9.47 Å². The third kappa shape index (κ3) is 2.98. The Morgan fingerprint density at radius 1 is 1.08 bits per heavy atom. The predicted octanol–water partition coefficient (Wildman–Crippen LogP) is 3.94. The van der Waals surface area contributed by atoms with Crippen molar-refractivity contribution in [3.05, 3.63) is 59.2 Å². The Bertz CT molecular complexity index is 903. The summed E-state index contributed by atoms with van der Waals surface area (Å²) >= 11 is 6.02. The number of benzene rings is 2. The monoisotopic (exact) mass is 341 g/mol. The minimum Gasteiger partial charge on any atom is -0.496 e. The zero-order valence-corrected chi connectivity index (χ0v) is 14.0. The first-order valence-electron chi connectivity index (χ1n) is 7.24. The molecule has 122 valence electrons. The van der Waals surface area contributed by atoms with Crippen LogP contribution in [0.5, 0.6) is 11.5 Å². The number of ether oxygens (including phenoxy) is 2. The van der Waals surface area contributed by atoms with E-state index in [0.29, 0.717) is 33.6 Å². The Labute approximate surface area is 144 Å². The van der Waals surface area contributed by atoms with Gasteiger partial charge in [0.15, 0.2) is 0 Å². The van der Waals surface area contributed by atoms with Crippen molar-refractivity contribution in [1.82, 2.24) is 4.98 Å². The van der Waals surface area contributed by atoms with Crippen molar-refractivity contribution in [1.29, 1.82) is 0 Å². The number of amidine groups is 1. The molecule has 0 atom stereocenters. The molecule has 3 aromatic rings. The van der Waals surface area contributed by atoms with Crippen LogP contribution in [0, 0.1) is 0 Å². The summed E-state index contributed by atoms with van der Waals surface area (Å²) in [6, 6.07) is 12.7. The van der Waals surface area contributed by atoms with Gasteiger partial charge < -0.3 is 15.2 Å². The second-order valence-electron chi connectivity index (χ2n) is 5.03. The second kappa shape index (κ2) is 6.76. The average molecular weight is 342 g/mol. The van der Waals surface area contributed by atoms with E-state index in [2.05, 4.69) is 9.98 Å². The maximum atomic E-state index is 6.24. The zero-order valence-electron chi connectivity index (χ0n) is 13.3. The molecule has 5 nitrogen and oxygen atoms in total. The van der Waals surface area contributed by atoms with Crippen molar-refractivity contribution in [2.75, 3.05) is 14.2 Å². The molecule has 1 heterocycles. The molecule has 1 aromatic heterocycles. The molecule has 0 aliphatic rings. The zero-order chi connectivity index (χ0) is 17.1. The topological polar surface area (TPSA) is 69.7 Å². The number of methoxy groups -OCH3 is 2. The summed E-state index contributed by atoms with van der Waals surface area (Å²) < 4.78 is 10.8. The summed E-state index contributed by atoms with van der Waals surface area (Å²) in [6.07, 6.45) is 1.67. The lowest BCUT2D eigenvalue weighted by atomic mass is 10.1. The van der Waals surface area contributed by atoms with Gasteiger partial charge in [-0.25, -0.2) is 4.99 Å². The summed E-state index contributed by atoms with van der Waals surface area (Å²) in [5.74, 6) is 1.49. The SMILES string of the molecule is COc1cccc(OC)c1C(N)=Nc1ccnc2cc(Cl)ccc12. The molecule has 0 amide bonds. The van der Waals surface area contributed by atoms with E-state index >= 15 is 0 Å². The molecule has 0 aliphatic heterocycles. The highest BCUT2D eigenvalue weighted by Gasteiger charge is 2.14. The third-order valence-electron chi connectivity index (χ3n) is 3.61. The lowest BCUT2D eigenvalue weighted by molar-refractivity contribution is 0.392. The van der Waals surface area contributed by atoms with Crippen molar-refractivity contribution >= 4 is 34.0 Å². The normalized spacial score (nSPS) is 11.5. The molecule has 24 heavy (non-hydrogen) atoms. The number of halogens is 1. The highest BCUT2D eigenvalue weighted by molar-refractivity contribution is 6.31. The Hall–Kier alpha value is -2.79. The van der Waals surface area contributed by atoms with Gasteiger partial charge in [0, 0.05) is 16.6 Å². The fourth-order valence-corrected chi connectivity index (χ4v) is 2.66. The second-order valence-corrected chi connectivity index (χ2v) is 5.46. The van der Waals surface area contributed by atoms with E-state index in [1.54, 1.807) is 38.6 Å². The van der Waals surface area contributed by atoms with Gasteiger partial charge in [0.2, 0.25) is 0 Å². The molecular weight excluding hydrogens is 326 g/mol.